The first-order chi connectivity index (χ1) is 9.19. The predicted octanol–water partition coefficient (Wildman–Crippen LogP) is 2.64. The summed E-state index contributed by atoms with van der Waals surface area (Å²) < 4.78 is 5.72. The van der Waals surface area contributed by atoms with Gasteiger partial charge in [-0.25, -0.2) is 0 Å². The maximum atomic E-state index is 9.35. The summed E-state index contributed by atoms with van der Waals surface area (Å²) in [5.74, 6) is 0.513. The van der Waals surface area contributed by atoms with Gasteiger partial charge in [0.15, 0.2) is 0 Å². The molecule has 0 amide bonds. The summed E-state index contributed by atoms with van der Waals surface area (Å²) in [5.41, 5.74) is 7.07. The molecule has 1 aliphatic carbocycles. The molecule has 2 rings (SSSR count). The Labute approximate surface area is 117 Å². The van der Waals surface area contributed by atoms with E-state index in [2.05, 4.69) is 11.1 Å². The highest BCUT2D eigenvalue weighted by Crippen LogP contribution is 2.33. The van der Waals surface area contributed by atoms with E-state index in [1.807, 2.05) is 0 Å². The van der Waals surface area contributed by atoms with Crippen molar-refractivity contribution >= 4 is 17.3 Å². The molecule has 1 saturated carbocycles. The van der Waals surface area contributed by atoms with Gasteiger partial charge in [-0.15, -0.1) is 0 Å². The van der Waals surface area contributed by atoms with Gasteiger partial charge in [0.05, 0.1) is 11.8 Å². The number of allylic oxidation sites excluding steroid dienone is 1. The van der Waals surface area contributed by atoms with Crippen molar-refractivity contribution in [1.29, 1.82) is 5.26 Å². The van der Waals surface area contributed by atoms with Gasteiger partial charge in [-0.05, 0) is 31.2 Å². The molecular formula is C14H14ClN3O. The van der Waals surface area contributed by atoms with Crippen LogP contribution < -0.4 is 10.5 Å². The highest BCUT2D eigenvalue weighted by molar-refractivity contribution is 6.31. The molecule has 1 aromatic carbocycles. The molecule has 0 radical (unpaired) electrons. The van der Waals surface area contributed by atoms with E-state index < -0.39 is 0 Å². The lowest BCUT2D eigenvalue weighted by Gasteiger charge is -2.11. The second kappa shape index (κ2) is 5.77. The van der Waals surface area contributed by atoms with Crippen LogP contribution in [0.15, 0.2) is 29.4 Å². The monoisotopic (exact) mass is 275 g/mol. The topological polar surface area (TPSA) is 71.4 Å². The fourth-order valence-corrected chi connectivity index (χ4v) is 1.94. The Morgan fingerprint density at radius 2 is 2.32 bits per heavy atom. The molecule has 0 saturated heterocycles. The van der Waals surface area contributed by atoms with Crippen LogP contribution in [-0.4, -0.2) is 18.9 Å². The van der Waals surface area contributed by atoms with E-state index in [1.54, 1.807) is 25.3 Å². The number of rotatable bonds is 4. The number of nitriles is 1. The summed E-state index contributed by atoms with van der Waals surface area (Å²) in [6.45, 7) is 0. The lowest BCUT2D eigenvalue weighted by atomic mass is 10.0. The highest BCUT2D eigenvalue weighted by atomic mass is 35.5. The van der Waals surface area contributed by atoms with Gasteiger partial charge in [0.2, 0.25) is 0 Å². The summed E-state index contributed by atoms with van der Waals surface area (Å²) >= 11 is 6.08. The minimum atomic E-state index is 0.200. The largest absolute Gasteiger partial charge is 0.489 e. The van der Waals surface area contributed by atoms with Gasteiger partial charge in [0, 0.05) is 23.7 Å². The number of nitrogens with two attached hydrogens (primary N) is 1. The van der Waals surface area contributed by atoms with E-state index in [4.69, 9.17) is 22.1 Å². The van der Waals surface area contributed by atoms with Crippen molar-refractivity contribution in [2.45, 2.75) is 18.9 Å². The van der Waals surface area contributed by atoms with Crippen LogP contribution in [0.3, 0.4) is 0 Å². The van der Waals surface area contributed by atoms with E-state index >= 15 is 0 Å². The van der Waals surface area contributed by atoms with Crippen LogP contribution in [0, 0.1) is 11.3 Å². The summed E-state index contributed by atoms with van der Waals surface area (Å²) in [4.78, 5) is 4.12. The number of aliphatic imine (C=N–C) groups is 1. The number of benzene rings is 1. The van der Waals surface area contributed by atoms with Crippen LogP contribution >= 0.6 is 11.6 Å². The van der Waals surface area contributed by atoms with Gasteiger partial charge >= 0.3 is 0 Å². The smallest absolute Gasteiger partial charge is 0.139 e. The average molecular weight is 276 g/mol. The molecule has 0 aromatic heterocycles. The zero-order valence-electron chi connectivity index (χ0n) is 10.6. The number of nitrogens with zero attached hydrogens (tertiary/aromatic N) is 2. The fourth-order valence-electron chi connectivity index (χ4n) is 1.73. The molecule has 0 bridgehead atoms. The van der Waals surface area contributed by atoms with Crippen molar-refractivity contribution in [2.75, 3.05) is 7.05 Å². The van der Waals surface area contributed by atoms with Crippen molar-refractivity contribution in [3.63, 3.8) is 0 Å². The quantitative estimate of drug-likeness (QED) is 0.859. The summed E-state index contributed by atoms with van der Waals surface area (Å²) in [5, 5.41) is 9.86. The van der Waals surface area contributed by atoms with E-state index in [1.165, 1.54) is 6.20 Å². The Hall–Kier alpha value is -1.99. The first-order valence-corrected chi connectivity index (χ1v) is 6.33. The highest BCUT2D eigenvalue weighted by Gasteiger charge is 2.26. The molecule has 5 heteroatoms. The van der Waals surface area contributed by atoms with Crippen LogP contribution in [0.5, 0.6) is 5.75 Å². The molecule has 0 heterocycles. The Morgan fingerprint density at radius 1 is 1.58 bits per heavy atom. The lowest BCUT2D eigenvalue weighted by molar-refractivity contribution is 0.302. The molecule has 0 unspecified atom stereocenters. The molecule has 19 heavy (non-hydrogen) atoms. The van der Waals surface area contributed by atoms with E-state index in [0.717, 1.165) is 12.8 Å². The lowest BCUT2D eigenvalue weighted by Crippen LogP contribution is -2.06. The number of hydrogen-bond acceptors (Lipinski definition) is 4. The fraction of sp³-hybridized carbons (Fsp3) is 0.286. The normalized spacial score (nSPS) is 15.5. The Balaban J connectivity index is 2.52. The van der Waals surface area contributed by atoms with Crippen molar-refractivity contribution in [2.24, 2.45) is 10.7 Å². The number of hydrogen-bond donors (Lipinski definition) is 1. The van der Waals surface area contributed by atoms with Crippen LogP contribution in [-0.2, 0) is 0 Å². The first-order valence-electron chi connectivity index (χ1n) is 5.95. The zero-order chi connectivity index (χ0) is 13.8. The molecule has 98 valence electrons. The van der Waals surface area contributed by atoms with Crippen LogP contribution in [0.2, 0.25) is 5.02 Å². The van der Waals surface area contributed by atoms with Crippen molar-refractivity contribution in [3.8, 4) is 11.8 Å². The van der Waals surface area contributed by atoms with Crippen LogP contribution in [0.25, 0.3) is 0 Å². The third-order valence-corrected chi connectivity index (χ3v) is 2.99. The van der Waals surface area contributed by atoms with Gasteiger partial charge in [-0.3, -0.25) is 4.99 Å². The molecule has 1 aromatic rings. The second-order valence-corrected chi connectivity index (χ2v) is 4.66. The summed E-state index contributed by atoms with van der Waals surface area (Å²) in [7, 11) is 1.64. The van der Waals surface area contributed by atoms with Crippen molar-refractivity contribution in [1.82, 2.24) is 0 Å². The van der Waals surface area contributed by atoms with Crippen LogP contribution in [0.1, 0.15) is 24.0 Å². The maximum absolute atomic E-state index is 9.35. The van der Waals surface area contributed by atoms with E-state index in [9.17, 15) is 5.26 Å². The van der Waals surface area contributed by atoms with E-state index in [-0.39, 0.29) is 6.10 Å². The molecule has 1 aliphatic rings. The first kappa shape index (κ1) is 13.4. The van der Waals surface area contributed by atoms with Gasteiger partial charge in [0.1, 0.15) is 17.4 Å². The molecule has 4 nitrogen and oxygen atoms in total. The molecular weight excluding hydrogens is 262 g/mol. The minimum absolute atomic E-state index is 0.200. The van der Waals surface area contributed by atoms with Gasteiger partial charge in [-0.2, -0.15) is 5.26 Å². The average Bonchev–Trinajstić information content (AvgIpc) is 3.19. The SMILES string of the molecule is CN=C(/C=C\N)c1cc(Cl)cc(OC2CC2)c1C#N. The maximum Gasteiger partial charge on any atom is 0.139 e. The van der Waals surface area contributed by atoms with Gasteiger partial charge in [-0.1, -0.05) is 11.6 Å². The third kappa shape index (κ3) is 3.07. The van der Waals surface area contributed by atoms with Crippen molar-refractivity contribution < 1.29 is 4.74 Å². The molecule has 2 N–H and O–H groups in total. The Morgan fingerprint density at radius 3 is 2.84 bits per heavy atom. The molecule has 0 spiro atoms. The third-order valence-electron chi connectivity index (χ3n) is 2.77. The zero-order valence-corrected chi connectivity index (χ0v) is 11.3. The predicted molar refractivity (Wildman–Crippen MR) is 75.6 cm³/mol. The molecule has 0 aliphatic heterocycles. The Kier molecular flexibility index (Phi) is 4.08. The van der Waals surface area contributed by atoms with Gasteiger partial charge < -0.3 is 10.5 Å². The van der Waals surface area contributed by atoms with Gasteiger partial charge in [0.25, 0.3) is 0 Å². The summed E-state index contributed by atoms with van der Waals surface area (Å²) in [6.07, 6.45) is 5.25. The molecule has 0 atom stereocenters. The second-order valence-electron chi connectivity index (χ2n) is 4.22. The summed E-state index contributed by atoms with van der Waals surface area (Å²) in [6, 6.07) is 5.52. The Bertz CT molecular complexity index is 583. The minimum Gasteiger partial charge on any atom is -0.489 e. The number of halogens is 1. The standard InChI is InChI=1S/C14H14ClN3O/c1-18-13(4-5-16)11-6-9(15)7-14(12(11)8-17)19-10-2-3-10/h4-7,10H,2-3,16H2,1H3/b5-4-,18-13?. The van der Waals surface area contributed by atoms with Crippen molar-refractivity contribution in [3.05, 3.63) is 40.6 Å². The van der Waals surface area contributed by atoms with Crippen LogP contribution in [0.4, 0.5) is 0 Å². The molecule has 1 fully saturated rings. The number of ether oxygens (including phenoxy) is 1. The van der Waals surface area contributed by atoms with E-state index in [0.29, 0.717) is 27.6 Å².